The zero-order valence-corrected chi connectivity index (χ0v) is 13.4. The lowest BCUT2D eigenvalue weighted by Gasteiger charge is -2.07. The number of nitrogens with zero attached hydrogens (tertiary/aromatic N) is 1. The Morgan fingerprint density at radius 2 is 2.22 bits per heavy atom. The molecule has 6 nitrogen and oxygen atoms in total. The number of rotatable bonds is 5. The molecule has 0 saturated carbocycles. The zero-order chi connectivity index (χ0) is 16.2. The van der Waals surface area contributed by atoms with Gasteiger partial charge < -0.3 is 15.0 Å². The molecule has 23 heavy (non-hydrogen) atoms. The number of H-pyrrole nitrogens is 1. The van der Waals surface area contributed by atoms with Gasteiger partial charge in [-0.05, 0) is 18.2 Å². The maximum Gasteiger partial charge on any atom is 0.259 e. The molecule has 1 amide bonds. The van der Waals surface area contributed by atoms with Crippen molar-refractivity contribution < 1.29 is 9.53 Å². The van der Waals surface area contributed by atoms with Crippen molar-refractivity contribution in [1.82, 2.24) is 15.3 Å². The molecule has 0 spiro atoms. The van der Waals surface area contributed by atoms with Gasteiger partial charge in [-0.25, -0.2) is 4.98 Å². The first kappa shape index (κ1) is 15.5. The van der Waals surface area contributed by atoms with E-state index in [1.54, 1.807) is 30.3 Å². The molecule has 0 aliphatic rings. The quantitative estimate of drug-likeness (QED) is 0.740. The van der Waals surface area contributed by atoms with Crippen LogP contribution in [-0.2, 0) is 11.3 Å². The molecule has 0 aliphatic heterocycles. The Kier molecular flexibility index (Phi) is 4.59. The van der Waals surface area contributed by atoms with E-state index in [0.29, 0.717) is 27.5 Å². The lowest BCUT2D eigenvalue weighted by molar-refractivity contribution is -0.123. The van der Waals surface area contributed by atoms with Crippen molar-refractivity contribution in [2.75, 3.05) is 6.61 Å². The van der Waals surface area contributed by atoms with E-state index in [2.05, 4.69) is 15.3 Å². The highest BCUT2D eigenvalue weighted by Gasteiger charge is 2.09. The van der Waals surface area contributed by atoms with Gasteiger partial charge in [0.2, 0.25) is 0 Å². The summed E-state index contributed by atoms with van der Waals surface area (Å²) in [4.78, 5) is 31.5. The molecule has 0 atom stereocenters. The Morgan fingerprint density at radius 3 is 3.00 bits per heavy atom. The number of carbonyl (C=O) groups excluding carboxylic acids is 1. The van der Waals surface area contributed by atoms with Crippen LogP contribution >= 0.6 is 22.9 Å². The number of benzene rings is 1. The van der Waals surface area contributed by atoms with E-state index in [-0.39, 0.29) is 18.1 Å². The predicted molar refractivity (Wildman–Crippen MR) is 89.0 cm³/mol. The van der Waals surface area contributed by atoms with Crippen molar-refractivity contribution in [3.05, 3.63) is 56.9 Å². The van der Waals surface area contributed by atoms with Gasteiger partial charge >= 0.3 is 0 Å². The first-order valence-electron chi connectivity index (χ1n) is 6.73. The highest BCUT2D eigenvalue weighted by atomic mass is 35.5. The van der Waals surface area contributed by atoms with Gasteiger partial charge in [0.1, 0.15) is 10.6 Å². The molecule has 2 aromatic heterocycles. The number of fused-ring (bicyclic) bond motifs is 1. The number of aromatic amines is 1. The van der Waals surface area contributed by atoms with Crippen molar-refractivity contribution in [1.29, 1.82) is 0 Å². The summed E-state index contributed by atoms with van der Waals surface area (Å²) >= 11 is 7.31. The fraction of sp³-hybridized carbons (Fsp3) is 0.133. The molecule has 3 rings (SSSR count). The van der Waals surface area contributed by atoms with Crippen LogP contribution in [0.4, 0.5) is 0 Å². The highest BCUT2D eigenvalue weighted by Crippen LogP contribution is 2.23. The molecule has 0 saturated heterocycles. The lowest BCUT2D eigenvalue weighted by Crippen LogP contribution is -2.28. The first-order chi connectivity index (χ1) is 11.1. The number of hydrogen-bond donors (Lipinski definition) is 2. The van der Waals surface area contributed by atoms with Gasteiger partial charge in [0, 0.05) is 4.88 Å². The average molecular weight is 350 g/mol. The van der Waals surface area contributed by atoms with Crippen LogP contribution in [0.15, 0.2) is 41.5 Å². The summed E-state index contributed by atoms with van der Waals surface area (Å²) in [5.74, 6) is 0.186. The van der Waals surface area contributed by atoms with Crippen LogP contribution < -0.4 is 15.6 Å². The first-order valence-corrected chi connectivity index (χ1v) is 7.93. The van der Waals surface area contributed by atoms with E-state index in [0.717, 1.165) is 4.88 Å². The minimum absolute atomic E-state index is 0.131. The average Bonchev–Trinajstić information content (AvgIpc) is 2.97. The molecular formula is C15H12ClN3O3S. The summed E-state index contributed by atoms with van der Waals surface area (Å²) < 4.78 is 5.36. The van der Waals surface area contributed by atoms with Crippen molar-refractivity contribution in [2.45, 2.75) is 6.54 Å². The minimum atomic E-state index is -0.274. The van der Waals surface area contributed by atoms with Crippen LogP contribution in [0.3, 0.4) is 0 Å². The number of thiophene rings is 1. The van der Waals surface area contributed by atoms with Crippen molar-refractivity contribution in [3.8, 4) is 5.75 Å². The van der Waals surface area contributed by atoms with Gasteiger partial charge in [0.05, 0.1) is 23.3 Å². The normalized spacial score (nSPS) is 10.7. The van der Waals surface area contributed by atoms with Crippen molar-refractivity contribution in [3.63, 3.8) is 0 Å². The van der Waals surface area contributed by atoms with Crippen LogP contribution in [0.2, 0.25) is 5.02 Å². The third-order valence-corrected chi connectivity index (χ3v) is 4.40. The van der Waals surface area contributed by atoms with E-state index >= 15 is 0 Å². The van der Waals surface area contributed by atoms with Crippen LogP contribution in [0.25, 0.3) is 10.2 Å². The number of amides is 1. The van der Waals surface area contributed by atoms with Gasteiger partial charge in [-0.2, -0.15) is 0 Å². The summed E-state index contributed by atoms with van der Waals surface area (Å²) in [6, 6.07) is 8.67. The van der Waals surface area contributed by atoms with Crippen LogP contribution in [0.1, 0.15) is 4.88 Å². The second kappa shape index (κ2) is 6.80. The molecule has 0 radical (unpaired) electrons. The van der Waals surface area contributed by atoms with Gasteiger partial charge in [0.15, 0.2) is 6.61 Å². The standard InChI is InChI=1S/C15H12ClN3O3S/c16-11-3-1-2-4-12(11)22-7-13(20)17-6-9-5-10-14(21)18-8-19-15(10)23-9/h1-5,8H,6-7H2,(H,17,20)(H,18,19,21). The van der Waals surface area contributed by atoms with E-state index in [1.165, 1.54) is 17.7 Å². The van der Waals surface area contributed by atoms with E-state index in [4.69, 9.17) is 16.3 Å². The van der Waals surface area contributed by atoms with Crippen molar-refractivity contribution >= 4 is 39.1 Å². The summed E-state index contributed by atoms with van der Waals surface area (Å²) in [5, 5.41) is 3.71. The Balaban J connectivity index is 1.57. The van der Waals surface area contributed by atoms with E-state index in [9.17, 15) is 9.59 Å². The number of aromatic nitrogens is 2. The third-order valence-electron chi connectivity index (χ3n) is 3.04. The van der Waals surface area contributed by atoms with Gasteiger partial charge in [-0.15, -0.1) is 11.3 Å². The fourth-order valence-corrected chi connectivity index (χ4v) is 3.07. The highest BCUT2D eigenvalue weighted by molar-refractivity contribution is 7.18. The second-order valence-corrected chi connectivity index (χ2v) is 6.18. The maximum atomic E-state index is 11.8. The number of para-hydroxylation sites is 1. The monoisotopic (exact) mass is 349 g/mol. The second-order valence-electron chi connectivity index (χ2n) is 4.66. The molecular weight excluding hydrogens is 338 g/mol. The molecule has 0 bridgehead atoms. The predicted octanol–water partition coefficient (Wildman–Crippen LogP) is 2.33. The number of nitrogens with one attached hydrogen (secondary N) is 2. The van der Waals surface area contributed by atoms with E-state index in [1.807, 2.05) is 0 Å². The molecule has 8 heteroatoms. The molecule has 3 aromatic rings. The summed E-state index contributed by atoms with van der Waals surface area (Å²) in [5.41, 5.74) is -0.189. The van der Waals surface area contributed by atoms with Gasteiger partial charge in [0.25, 0.3) is 11.5 Å². The van der Waals surface area contributed by atoms with E-state index < -0.39 is 0 Å². The lowest BCUT2D eigenvalue weighted by atomic mass is 10.3. The largest absolute Gasteiger partial charge is 0.482 e. The SMILES string of the molecule is O=C(COc1ccccc1Cl)NCc1cc2c(=O)[nH]cnc2s1. The Labute approximate surface area is 140 Å². The van der Waals surface area contributed by atoms with Crippen LogP contribution in [-0.4, -0.2) is 22.5 Å². The topological polar surface area (TPSA) is 84.1 Å². The molecule has 2 N–H and O–H groups in total. The van der Waals surface area contributed by atoms with Gasteiger partial charge in [-0.3, -0.25) is 9.59 Å². The Hall–Kier alpha value is -2.38. The number of halogens is 1. The molecule has 0 unspecified atom stereocenters. The Morgan fingerprint density at radius 1 is 1.39 bits per heavy atom. The number of carbonyl (C=O) groups is 1. The molecule has 0 fully saturated rings. The van der Waals surface area contributed by atoms with Crippen molar-refractivity contribution in [2.24, 2.45) is 0 Å². The van der Waals surface area contributed by atoms with Gasteiger partial charge in [-0.1, -0.05) is 23.7 Å². The number of ether oxygens (including phenoxy) is 1. The smallest absolute Gasteiger partial charge is 0.259 e. The summed E-state index contributed by atoms with van der Waals surface area (Å²) in [6.07, 6.45) is 1.36. The minimum Gasteiger partial charge on any atom is -0.482 e. The fourth-order valence-electron chi connectivity index (χ4n) is 1.95. The summed E-state index contributed by atoms with van der Waals surface area (Å²) in [6.45, 7) is 0.179. The third kappa shape index (κ3) is 3.69. The number of hydrogen-bond acceptors (Lipinski definition) is 5. The molecule has 0 aliphatic carbocycles. The molecule has 118 valence electrons. The summed E-state index contributed by atoms with van der Waals surface area (Å²) in [7, 11) is 0. The zero-order valence-electron chi connectivity index (χ0n) is 11.8. The molecule has 1 aromatic carbocycles. The molecule has 2 heterocycles. The Bertz CT molecular complexity index is 906. The maximum absolute atomic E-state index is 11.8. The van der Waals surface area contributed by atoms with Crippen LogP contribution in [0, 0.1) is 0 Å². The van der Waals surface area contributed by atoms with Crippen LogP contribution in [0.5, 0.6) is 5.75 Å².